The van der Waals surface area contributed by atoms with Gasteiger partial charge in [0.15, 0.2) is 6.61 Å². The van der Waals surface area contributed by atoms with E-state index in [1.54, 1.807) is 48.5 Å². The van der Waals surface area contributed by atoms with Crippen molar-refractivity contribution in [3.8, 4) is 11.4 Å². The van der Waals surface area contributed by atoms with Gasteiger partial charge < -0.3 is 14.8 Å². The number of aromatic nitrogens is 4. The van der Waals surface area contributed by atoms with E-state index in [0.29, 0.717) is 23.7 Å². The number of rotatable bonds is 7. The summed E-state index contributed by atoms with van der Waals surface area (Å²) >= 11 is 0. The summed E-state index contributed by atoms with van der Waals surface area (Å²) in [5, 5.41) is 13.5. The lowest BCUT2D eigenvalue weighted by Crippen LogP contribution is -2.21. The molecular formula is C18H17N5O4. The molecule has 0 radical (unpaired) electrons. The SMILES string of the molecule is CCOc1ccc(NC(=O)COC(=O)c2ccccc2-n2cnnn2)cc1. The number of nitrogens with one attached hydrogen (secondary N) is 1. The molecule has 1 aromatic heterocycles. The lowest BCUT2D eigenvalue weighted by Gasteiger charge is -2.10. The molecule has 0 saturated heterocycles. The van der Waals surface area contributed by atoms with Crippen LogP contribution in [0.5, 0.6) is 5.75 Å². The van der Waals surface area contributed by atoms with Gasteiger partial charge in [0.25, 0.3) is 5.91 Å². The monoisotopic (exact) mass is 367 g/mol. The van der Waals surface area contributed by atoms with Gasteiger partial charge in [-0.15, -0.1) is 5.10 Å². The highest BCUT2D eigenvalue weighted by molar-refractivity contribution is 5.97. The number of carbonyl (C=O) groups is 2. The van der Waals surface area contributed by atoms with Gasteiger partial charge in [-0.25, -0.2) is 4.79 Å². The van der Waals surface area contributed by atoms with Gasteiger partial charge in [-0.1, -0.05) is 12.1 Å². The fraction of sp³-hybridized carbons (Fsp3) is 0.167. The van der Waals surface area contributed by atoms with E-state index in [-0.39, 0.29) is 5.56 Å². The number of hydrogen-bond acceptors (Lipinski definition) is 7. The van der Waals surface area contributed by atoms with E-state index in [4.69, 9.17) is 9.47 Å². The molecule has 0 atom stereocenters. The topological polar surface area (TPSA) is 108 Å². The summed E-state index contributed by atoms with van der Waals surface area (Å²) in [7, 11) is 0. The molecule has 0 fully saturated rings. The number of amides is 1. The van der Waals surface area contributed by atoms with Gasteiger partial charge >= 0.3 is 5.97 Å². The number of anilines is 1. The largest absolute Gasteiger partial charge is 0.494 e. The third kappa shape index (κ3) is 4.66. The van der Waals surface area contributed by atoms with Gasteiger partial charge in [-0.05, 0) is 53.7 Å². The Balaban J connectivity index is 1.58. The molecule has 3 aromatic rings. The number of nitrogens with zero attached hydrogens (tertiary/aromatic N) is 4. The second-order valence-corrected chi connectivity index (χ2v) is 5.35. The first kappa shape index (κ1) is 18.1. The van der Waals surface area contributed by atoms with Crippen LogP contribution in [-0.2, 0) is 9.53 Å². The van der Waals surface area contributed by atoms with Gasteiger partial charge in [0, 0.05) is 5.69 Å². The van der Waals surface area contributed by atoms with E-state index < -0.39 is 18.5 Å². The van der Waals surface area contributed by atoms with Crippen LogP contribution in [0.25, 0.3) is 5.69 Å². The lowest BCUT2D eigenvalue weighted by atomic mass is 10.2. The molecule has 138 valence electrons. The van der Waals surface area contributed by atoms with Crippen LogP contribution >= 0.6 is 0 Å². The summed E-state index contributed by atoms with van der Waals surface area (Å²) in [6.07, 6.45) is 1.37. The Labute approximate surface area is 154 Å². The summed E-state index contributed by atoms with van der Waals surface area (Å²) in [6.45, 7) is 2.03. The molecule has 0 bridgehead atoms. The lowest BCUT2D eigenvalue weighted by molar-refractivity contribution is -0.119. The molecule has 0 spiro atoms. The minimum Gasteiger partial charge on any atom is -0.494 e. The summed E-state index contributed by atoms with van der Waals surface area (Å²) < 4.78 is 11.8. The molecule has 3 rings (SSSR count). The Morgan fingerprint density at radius 1 is 1.11 bits per heavy atom. The van der Waals surface area contributed by atoms with Gasteiger partial charge in [0.05, 0.1) is 17.9 Å². The van der Waals surface area contributed by atoms with Gasteiger partial charge in [0.1, 0.15) is 12.1 Å². The van der Waals surface area contributed by atoms with Crippen molar-refractivity contribution in [3.63, 3.8) is 0 Å². The fourth-order valence-electron chi connectivity index (χ4n) is 2.32. The Morgan fingerprint density at radius 3 is 2.59 bits per heavy atom. The maximum absolute atomic E-state index is 12.3. The molecule has 0 aliphatic rings. The highest BCUT2D eigenvalue weighted by Gasteiger charge is 2.16. The van der Waals surface area contributed by atoms with Crippen molar-refractivity contribution in [3.05, 3.63) is 60.4 Å². The molecule has 27 heavy (non-hydrogen) atoms. The zero-order valence-corrected chi connectivity index (χ0v) is 14.5. The Kier molecular flexibility index (Phi) is 5.73. The molecule has 2 aromatic carbocycles. The smallest absolute Gasteiger partial charge is 0.340 e. The van der Waals surface area contributed by atoms with Crippen molar-refractivity contribution in [2.24, 2.45) is 0 Å². The average Bonchev–Trinajstić information content (AvgIpc) is 3.22. The van der Waals surface area contributed by atoms with Crippen molar-refractivity contribution in [1.29, 1.82) is 0 Å². The number of para-hydroxylation sites is 1. The zero-order valence-electron chi connectivity index (χ0n) is 14.5. The van der Waals surface area contributed by atoms with Crippen LogP contribution in [0.3, 0.4) is 0 Å². The van der Waals surface area contributed by atoms with E-state index in [9.17, 15) is 9.59 Å². The van der Waals surface area contributed by atoms with Crippen molar-refractivity contribution < 1.29 is 19.1 Å². The predicted molar refractivity (Wildman–Crippen MR) is 95.7 cm³/mol. The van der Waals surface area contributed by atoms with Crippen LogP contribution in [0.1, 0.15) is 17.3 Å². The van der Waals surface area contributed by atoms with Gasteiger partial charge in [-0.2, -0.15) is 4.68 Å². The third-order valence-corrected chi connectivity index (χ3v) is 3.50. The van der Waals surface area contributed by atoms with E-state index >= 15 is 0 Å². The van der Waals surface area contributed by atoms with Crippen molar-refractivity contribution in [2.45, 2.75) is 6.92 Å². The van der Waals surface area contributed by atoms with Crippen LogP contribution in [0.15, 0.2) is 54.9 Å². The van der Waals surface area contributed by atoms with Crippen molar-refractivity contribution in [1.82, 2.24) is 20.2 Å². The number of benzene rings is 2. The normalized spacial score (nSPS) is 10.3. The number of hydrogen-bond donors (Lipinski definition) is 1. The third-order valence-electron chi connectivity index (χ3n) is 3.50. The maximum Gasteiger partial charge on any atom is 0.340 e. The molecule has 1 N–H and O–H groups in total. The summed E-state index contributed by atoms with van der Waals surface area (Å²) in [5.41, 5.74) is 1.28. The Morgan fingerprint density at radius 2 is 1.89 bits per heavy atom. The van der Waals surface area contributed by atoms with Crippen LogP contribution < -0.4 is 10.1 Å². The second kappa shape index (κ2) is 8.56. The van der Waals surface area contributed by atoms with Crippen molar-refractivity contribution >= 4 is 17.6 Å². The number of tetrazole rings is 1. The fourth-order valence-corrected chi connectivity index (χ4v) is 2.32. The number of esters is 1. The molecule has 0 unspecified atom stereocenters. The average molecular weight is 367 g/mol. The molecule has 1 heterocycles. The van der Waals surface area contributed by atoms with Crippen LogP contribution in [-0.4, -0.2) is 45.3 Å². The van der Waals surface area contributed by atoms with Gasteiger partial charge in [0.2, 0.25) is 0 Å². The standard InChI is InChI=1S/C18H17N5O4/c1-2-26-14-9-7-13(8-10-14)20-17(24)11-27-18(25)15-5-3-4-6-16(15)23-12-19-21-22-23/h3-10,12H,2,11H2,1H3,(H,20,24). The van der Waals surface area contributed by atoms with E-state index in [0.717, 1.165) is 0 Å². The molecule has 1 amide bonds. The zero-order chi connectivity index (χ0) is 19.1. The Hall–Kier alpha value is -3.75. The highest BCUT2D eigenvalue weighted by atomic mass is 16.5. The minimum absolute atomic E-state index is 0.249. The predicted octanol–water partition coefficient (Wildman–Crippen LogP) is 1.86. The van der Waals surface area contributed by atoms with Crippen molar-refractivity contribution in [2.75, 3.05) is 18.5 Å². The maximum atomic E-state index is 12.3. The van der Waals surface area contributed by atoms with Crippen LogP contribution in [0, 0.1) is 0 Å². The first-order valence-electron chi connectivity index (χ1n) is 8.19. The molecule has 0 saturated carbocycles. The number of ether oxygens (including phenoxy) is 2. The first-order chi connectivity index (χ1) is 13.2. The van der Waals surface area contributed by atoms with E-state index in [1.807, 2.05) is 6.92 Å². The Bertz CT molecular complexity index is 910. The molecule has 9 heteroatoms. The molecule has 9 nitrogen and oxygen atoms in total. The molecular weight excluding hydrogens is 350 g/mol. The summed E-state index contributed by atoms with van der Waals surface area (Å²) in [4.78, 5) is 24.3. The minimum atomic E-state index is -0.650. The van der Waals surface area contributed by atoms with E-state index in [1.165, 1.54) is 11.0 Å². The summed E-state index contributed by atoms with van der Waals surface area (Å²) in [5.74, 6) is -0.392. The number of carbonyl (C=O) groups excluding carboxylic acids is 2. The van der Waals surface area contributed by atoms with Crippen LogP contribution in [0.2, 0.25) is 0 Å². The van der Waals surface area contributed by atoms with Gasteiger partial charge in [-0.3, -0.25) is 4.79 Å². The van der Waals surface area contributed by atoms with E-state index in [2.05, 4.69) is 20.8 Å². The first-order valence-corrected chi connectivity index (χ1v) is 8.19. The molecule has 0 aliphatic carbocycles. The second-order valence-electron chi connectivity index (χ2n) is 5.35. The summed E-state index contributed by atoms with van der Waals surface area (Å²) in [6, 6.07) is 13.6. The van der Waals surface area contributed by atoms with Crippen LogP contribution in [0.4, 0.5) is 5.69 Å². The highest BCUT2D eigenvalue weighted by Crippen LogP contribution is 2.16. The molecule has 0 aliphatic heterocycles. The quantitative estimate of drug-likeness (QED) is 0.635.